The highest BCUT2D eigenvalue weighted by atomic mass is 16.5. The van der Waals surface area contributed by atoms with Crippen LogP contribution in [0.25, 0.3) is 0 Å². The summed E-state index contributed by atoms with van der Waals surface area (Å²) < 4.78 is 5.58. The second-order valence-electron chi connectivity index (χ2n) is 5.60. The molecule has 3 heteroatoms. The monoisotopic (exact) mass is 276 g/mol. The van der Waals surface area contributed by atoms with Crippen LogP contribution >= 0.6 is 0 Å². The summed E-state index contributed by atoms with van der Waals surface area (Å²) in [5.41, 5.74) is 2.80. The van der Waals surface area contributed by atoms with Crippen molar-refractivity contribution in [2.45, 2.75) is 45.8 Å². The van der Waals surface area contributed by atoms with Crippen LogP contribution in [0, 0.1) is 0 Å². The zero-order chi connectivity index (χ0) is 14.2. The fraction of sp³-hybridized carbons (Fsp3) is 0.647. The molecule has 1 N–H and O–H groups in total. The van der Waals surface area contributed by atoms with Crippen molar-refractivity contribution in [1.82, 2.24) is 10.2 Å². The number of benzene rings is 1. The van der Waals surface area contributed by atoms with Gasteiger partial charge in [0, 0.05) is 25.7 Å². The molecule has 1 heterocycles. The molecule has 3 nitrogen and oxygen atoms in total. The molecule has 1 aromatic rings. The predicted octanol–water partition coefficient (Wildman–Crippen LogP) is 2.80. The van der Waals surface area contributed by atoms with Crippen molar-refractivity contribution in [3.8, 4) is 0 Å². The van der Waals surface area contributed by atoms with Crippen LogP contribution in [0.4, 0.5) is 0 Å². The zero-order valence-corrected chi connectivity index (χ0v) is 12.9. The maximum Gasteiger partial charge on any atom is 0.0622 e. The van der Waals surface area contributed by atoms with Gasteiger partial charge in [-0.3, -0.25) is 4.90 Å². The normalized spacial score (nSPS) is 20.2. The highest BCUT2D eigenvalue weighted by Gasteiger charge is 2.21. The number of nitrogens with zero attached hydrogens (tertiary/aromatic N) is 1. The Balaban J connectivity index is 1.92. The molecule has 0 aromatic heterocycles. The van der Waals surface area contributed by atoms with Gasteiger partial charge >= 0.3 is 0 Å². The third-order valence-electron chi connectivity index (χ3n) is 3.95. The zero-order valence-electron chi connectivity index (χ0n) is 12.9. The van der Waals surface area contributed by atoms with E-state index >= 15 is 0 Å². The fourth-order valence-electron chi connectivity index (χ4n) is 2.76. The van der Waals surface area contributed by atoms with Crippen LogP contribution in [0.5, 0.6) is 0 Å². The standard InChI is InChI=1S/C17H28N2O/c1-3-8-18-12-15-6-5-7-16(11-15)13-19-9-10-20-14-17(19)4-2/h5-7,11,17-18H,3-4,8-10,12-14H2,1-2H3. The molecule has 1 unspecified atom stereocenters. The molecular weight excluding hydrogens is 248 g/mol. The average Bonchev–Trinajstić information content (AvgIpc) is 2.48. The Labute approximate surface area is 123 Å². The lowest BCUT2D eigenvalue weighted by atomic mass is 10.1. The number of hydrogen-bond donors (Lipinski definition) is 1. The highest BCUT2D eigenvalue weighted by Crippen LogP contribution is 2.15. The first-order valence-corrected chi connectivity index (χ1v) is 7.93. The summed E-state index contributed by atoms with van der Waals surface area (Å²) in [5, 5.41) is 3.47. The van der Waals surface area contributed by atoms with Crippen LogP contribution in [0.3, 0.4) is 0 Å². The fourth-order valence-corrected chi connectivity index (χ4v) is 2.76. The van der Waals surface area contributed by atoms with Crippen molar-refractivity contribution in [3.05, 3.63) is 35.4 Å². The molecule has 1 fully saturated rings. The van der Waals surface area contributed by atoms with Crippen LogP contribution in [0.1, 0.15) is 37.8 Å². The van der Waals surface area contributed by atoms with Gasteiger partial charge in [-0.05, 0) is 30.5 Å². The van der Waals surface area contributed by atoms with Gasteiger partial charge in [-0.25, -0.2) is 0 Å². The summed E-state index contributed by atoms with van der Waals surface area (Å²) in [5.74, 6) is 0. The molecule has 1 aliphatic rings. The third-order valence-corrected chi connectivity index (χ3v) is 3.95. The van der Waals surface area contributed by atoms with E-state index in [2.05, 4.69) is 48.3 Å². The Morgan fingerprint density at radius 1 is 1.30 bits per heavy atom. The largest absolute Gasteiger partial charge is 0.378 e. The maximum absolute atomic E-state index is 5.58. The molecule has 0 aliphatic carbocycles. The van der Waals surface area contributed by atoms with Gasteiger partial charge in [0.15, 0.2) is 0 Å². The SMILES string of the molecule is CCCNCc1cccc(CN2CCOCC2CC)c1. The molecule has 0 bridgehead atoms. The van der Waals surface area contributed by atoms with Crippen LogP contribution < -0.4 is 5.32 Å². The minimum absolute atomic E-state index is 0.575. The van der Waals surface area contributed by atoms with E-state index in [1.807, 2.05) is 0 Å². The van der Waals surface area contributed by atoms with Gasteiger partial charge in [0.05, 0.1) is 13.2 Å². The summed E-state index contributed by atoms with van der Waals surface area (Å²) in [7, 11) is 0. The number of morpholine rings is 1. The maximum atomic E-state index is 5.58. The molecule has 0 spiro atoms. The predicted molar refractivity (Wildman–Crippen MR) is 83.7 cm³/mol. The van der Waals surface area contributed by atoms with Gasteiger partial charge in [0.1, 0.15) is 0 Å². The Morgan fingerprint density at radius 2 is 2.15 bits per heavy atom. The van der Waals surface area contributed by atoms with Gasteiger partial charge < -0.3 is 10.1 Å². The van der Waals surface area contributed by atoms with Crippen LogP contribution in [-0.4, -0.2) is 37.2 Å². The number of ether oxygens (including phenoxy) is 1. The van der Waals surface area contributed by atoms with E-state index in [1.54, 1.807) is 0 Å². The second-order valence-corrected chi connectivity index (χ2v) is 5.60. The van der Waals surface area contributed by atoms with E-state index in [4.69, 9.17) is 4.74 Å². The van der Waals surface area contributed by atoms with Gasteiger partial charge in [0.25, 0.3) is 0 Å². The summed E-state index contributed by atoms with van der Waals surface area (Å²) in [6.07, 6.45) is 2.35. The molecular formula is C17H28N2O. The van der Waals surface area contributed by atoms with Gasteiger partial charge in [-0.1, -0.05) is 38.1 Å². The molecule has 20 heavy (non-hydrogen) atoms. The van der Waals surface area contributed by atoms with Crippen LogP contribution in [-0.2, 0) is 17.8 Å². The van der Waals surface area contributed by atoms with E-state index in [1.165, 1.54) is 17.5 Å². The van der Waals surface area contributed by atoms with Crippen molar-refractivity contribution in [3.63, 3.8) is 0 Å². The third kappa shape index (κ3) is 4.58. The van der Waals surface area contributed by atoms with E-state index in [0.717, 1.165) is 45.8 Å². The molecule has 0 amide bonds. The molecule has 1 saturated heterocycles. The lowest BCUT2D eigenvalue weighted by Crippen LogP contribution is -2.44. The smallest absolute Gasteiger partial charge is 0.0622 e. The first-order chi connectivity index (χ1) is 9.83. The molecule has 1 aliphatic heterocycles. The van der Waals surface area contributed by atoms with Gasteiger partial charge in [-0.15, -0.1) is 0 Å². The Hall–Kier alpha value is -0.900. The Bertz CT molecular complexity index is 394. The summed E-state index contributed by atoms with van der Waals surface area (Å²) >= 11 is 0. The molecule has 0 saturated carbocycles. The molecule has 112 valence electrons. The van der Waals surface area contributed by atoms with E-state index in [0.29, 0.717) is 6.04 Å². The quantitative estimate of drug-likeness (QED) is 0.775. The molecule has 0 radical (unpaired) electrons. The highest BCUT2D eigenvalue weighted by molar-refractivity contribution is 5.23. The minimum Gasteiger partial charge on any atom is -0.378 e. The Morgan fingerprint density at radius 3 is 2.95 bits per heavy atom. The van der Waals surface area contributed by atoms with Crippen molar-refractivity contribution < 1.29 is 4.74 Å². The van der Waals surface area contributed by atoms with Crippen molar-refractivity contribution in [2.75, 3.05) is 26.3 Å². The van der Waals surface area contributed by atoms with Crippen molar-refractivity contribution in [2.24, 2.45) is 0 Å². The van der Waals surface area contributed by atoms with E-state index in [-0.39, 0.29) is 0 Å². The summed E-state index contributed by atoms with van der Waals surface area (Å²) in [4.78, 5) is 2.56. The molecule has 2 rings (SSSR count). The van der Waals surface area contributed by atoms with Crippen LogP contribution in [0.15, 0.2) is 24.3 Å². The average molecular weight is 276 g/mol. The lowest BCUT2D eigenvalue weighted by Gasteiger charge is -2.35. The van der Waals surface area contributed by atoms with Crippen LogP contribution in [0.2, 0.25) is 0 Å². The number of hydrogen-bond acceptors (Lipinski definition) is 3. The summed E-state index contributed by atoms with van der Waals surface area (Å²) in [6, 6.07) is 9.55. The minimum atomic E-state index is 0.575. The van der Waals surface area contributed by atoms with Gasteiger partial charge in [-0.2, -0.15) is 0 Å². The van der Waals surface area contributed by atoms with E-state index in [9.17, 15) is 0 Å². The van der Waals surface area contributed by atoms with Crippen molar-refractivity contribution in [1.29, 1.82) is 0 Å². The number of rotatable bonds is 7. The van der Waals surface area contributed by atoms with Crippen molar-refractivity contribution >= 4 is 0 Å². The molecule has 1 aromatic carbocycles. The van der Waals surface area contributed by atoms with Gasteiger partial charge in [0.2, 0.25) is 0 Å². The summed E-state index contributed by atoms with van der Waals surface area (Å²) in [6.45, 7) is 10.4. The number of nitrogens with one attached hydrogen (secondary N) is 1. The lowest BCUT2D eigenvalue weighted by molar-refractivity contribution is -0.0127. The van der Waals surface area contributed by atoms with E-state index < -0.39 is 0 Å². The topological polar surface area (TPSA) is 24.5 Å². The second kappa shape index (κ2) is 8.40. The Kier molecular flexibility index (Phi) is 6.51. The first-order valence-electron chi connectivity index (χ1n) is 7.93. The first kappa shape index (κ1) is 15.5. The molecule has 1 atom stereocenters.